The van der Waals surface area contributed by atoms with Crippen molar-refractivity contribution in [3.05, 3.63) is 46.2 Å². The normalized spacial score (nSPS) is 26.1. The maximum absolute atomic E-state index is 13.0. The molecule has 0 spiro atoms. The van der Waals surface area contributed by atoms with Crippen molar-refractivity contribution in [3.63, 3.8) is 0 Å². The first-order chi connectivity index (χ1) is 10.7. The largest absolute Gasteiger partial charge is 0.333 e. The number of amides is 1. The van der Waals surface area contributed by atoms with Crippen LogP contribution in [0.15, 0.2) is 35.7 Å². The third kappa shape index (κ3) is 2.18. The molecule has 22 heavy (non-hydrogen) atoms. The van der Waals surface area contributed by atoms with E-state index in [9.17, 15) is 4.79 Å². The van der Waals surface area contributed by atoms with E-state index in [1.165, 1.54) is 12.0 Å². The van der Waals surface area contributed by atoms with Crippen LogP contribution in [-0.2, 0) is 0 Å². The van der Waals surface area contributed by atoms with Crippen LogP contribution in [0.5, 0.6) is 0 Å². The minimum atomic E-state index is 0.160. The molecule has 1 saturated heterocycles. The Bertz CT molecular complexity index is 706. The lowest BCUT2D eigenvalue weighted by Crippen LogP contribution is -2.42. The topological polar surface area (TPSA) is 46.3 Å². The lowest BCUT2D eigenvalue weighted by molar-refractivity contribution is 0.0718. The van der Waals surface area contributed by atoms with E-state index < -0.39 is 0 Å². The number of nitrogens with zero attached hydrogens (tertiary/aromatic N) is 1. The summed E-state index contributed by atoms with van der Waals surface area (Å²) in [5.41, 5.74) is 9.30. The second-order valence-corrected chi connectivity index (χ2v) is 7.37. The van der Waals surface area contributed by atoms with Crippen LogP contribution in [0.1, 0.15) is 21.7 Å². The maximum Gasteiger partial charge on any atom is 0.264 e. The Morgan fingerprint density at radius 1 is 1.32 bits per heavy atom. The summed E-state index contributed by atoms with van der Waals surface area (Å²) in [6.07, 6.45) is 1.25. The molecule has 3 atom stereocenters. The van der Waals surface area contributed by atoms with E-state index in [-0.39, 0.29) is 11.9 Å². The van der Waals surface area contributed by atoms with Gasteiger partial charge in [-0.3, -0.25) is 4.79 Å². The Morgan fingerprint density at radius 2 is 2.09 bits per heavy atom. The molecule has 0 radical (unpaired) electrons. The van der Waals surface area contributed by atoms with Crippen LogP contribution < -0.4 is 5.73 Å². The Labute approximate surface area is 134 Å². The Morgan fingerprint density at radius 3 is 2.82 bits per heavy atom. The molecule has 4 heteroatoms. The lowest BCUT2D eigenvalue weighted by atomic mass is 10.0. The standard InChI is InChI=1S/C18H20N2OS/c1-11-2-4-12(5-3-11)14-6-7-22-17(14)18(21)20-10-13-8-15(13)16(20)9-19/h2-7,13,15-16H,8-10,19H2,1H3/t13-,15-,16+/m0/s1. The number of hydrogen-bond donors (Lipinski definition) is 1. The number of aryl methyl sites for hydroxylation is 1. The zero-order valence-corrected chi connectivity index (χ0v) is 13.5. The van der Waals surface area contributed by atoms with Gasteiger partial charge in [0.15, 0.2) is 0 Å². The highest BCUT2D eigenvalue weighted by Crippen LogP contribution is 2.50. The molecular weight excluding hydrogens is 292 g/mol. The van der Waals surface area contributed by atoms with Crippen LogP contribution in [0.3, 0.4) is 0 Å². The van der Waals surface area contributed by atoms with Crippen LogP contribution in [0.2, 0.25) is 0 Å². The van der Waals surface area contributed by atoms with Crippen molar-refractivity contribution in [2.24, 2.45) is 17.6 Å². The van der Waals surface area contributed by atoms with Gasteiger partial charge in [0, 0.05) is 24.7 Å². The number of carbonyl (C=O) groups is 1. The molecule has 4 rings (SSSR count). The number of benzene rings is 1. The highest BCUT2D eigenvalue weighted by atomic mass is 32.1. The molecular formula is C18H20N2OS. The molecule has 0 bridgehead atoms. The predicted octanol–water partition coefficient (Wildman–Crippen LogP) is 3.14. The molecule has 114 valence electrons. The zero-order chi connectivity index (χ0) is 15.3. The number of fused-ring (bicyclic) bond motifs is 1. The van der Waals surface area contributed by atoms with Crippen molar-refractivity contribution in [3.8, 4) is 11.1 Å². The van der Waals surface area contributed by atoms with Crippen molar-refractivity contribution >= 4 is 17.2 Å². The summed E-state index contributed by atoms with van der Waals surface area (Å²) in [5.74, 6) is 1.50. The Hall–Kier alpha value is -1.65. The van der Waals surface area contributed by atoms with Crippen molar-refractivity contribution in [1.82, 2.24) is 4.90 Å². The molecule has 3 nitrogen and oxygen atoms in total. The molecule has 1 aliphatic carbocycles. The van der Waals surface area contributed by atoms with Gasteiger partial charge in [-0.1, -0.05) is 29.8 Å². The summed E-state index contributed by atoms with van der Waals surface area (Å²) in [5, 5.41) is 2.01. The molecule has 2 fully saturated rings. The minimum Gasteiger partial charge on any atom is -0.333 e. The predicted molar refractivity (Wildman–Crippen MR) is 90.0 cm³/mol. The average Bonchev–Trinajstić information content (AvgIpc) is 2.99. The zero-order valence-electron chi connectivity index (χ0n) is 12.7. The Balaban J connectivity index is 1.65. The van der Waals surface area contributed by atoms with E-state index >= 15 is 0 Å². The van der Waals surface area contributed by atoms with Gasteiger partial charge in [0.1, 0.15) is 0 Å². The van der Waals surface area contributed by atoms with Gasteiger partial charge in [0.25, 0.3) is 5.91 Å². The van der Waals surface area contributed by atoms with Crippen LogP contribution in [0.4, 0.5) is 0 Å². The molecule has 2 N–H and O–H groups in total. The molecule has 1 aliphatic heterocycles. The van der Waals surface area contributed by atoms with Gasteiger partial charge in [0.05, 0.1) is 4.88 Å². The fourth-order valence-electron chi connectivity index (χ4n) is 3.67. The van der Waals surface area contributed by atoms with Crippen LogP contribution in [-0.4, -0.2) is 29.9 Å². The van der Waals surface area contributed by atoms with Gasteiger partial charge in [-0.15, -0.1) is 11.3 Å². The van der Waals surface area contributed by atoms with E-state index in [1.807, 2.05) is 10.3 Å². The third-order valence-electron chi connectivity index (χ3n) is 5.03. The van der Waals surface area contributed by atoms with Gasteiger partial charge in [-0.05, 0) is 42.2 Å². The van der Waals surface area contributed by atoms with Gasteiger partial charge in [-0.2, -0.15) is 0 Å². The summed E-state index contributed by atoms with van der Waals surface area (Å²) in [4.78, 5) is 15.9. The molecule has 1 aromatic carbocycles. The number of rotatable bonds is 3. The fourth-order valence-corrected chi connectivity index (χ4v) is 4.54. The number of likely N-dealkylation sites (tertiary alicyclic amines) is 1. The van der Waals surface area contributed by atoms with Crippen molar-refractivity contribution < 1.29 is 4.79 Å². The first kappa shape index (κ1) is 14.0. The fraction of sp³-hybridized carbons (Fsp3) is 0.389. The second-order valence-electron chi connectivity index (χ2n) is 6.45. The monoisotopic (exact) mass is 312 g/mol. The van der Waals surface area contributed by atoms with E-state index in [0.717, 1.165) is 22.5 Å². The Kier molecular flexibility index (Phi) is 3.31. The highest BCUT2D eigenvalue weighted by molar-refractivity contribution is 7.12. The van der Waals surface area contributed by atoms with E-state index in [2.05, 4.69) is 37.3 Å². The number of carbonyl (C=O) groups excluding carboxylic acids is 1. The number of piperidine rings is 1. The molecule has 1 aromatic heterocycles. The number of hydrogen-bond acceptors (Lipinski definition) is 3. The quantitative estimate of drug-likeness (QED) is 0.946. The van der Waals surface area contributed by atoms with Crippen molar-refractivity contribution in [1.29, 1.82) is 0 Å². The van der Waals surface area contributed by atoms with Crippen LogP contribution in [0.25, 0.3) is 11.1 Å². The van der Waals surface area contributed by atoms with Crippen molar-refractivity contribution in [2.75, 3.05) is 13.1 Å². The third-order valence-corrected chi connectivity index (χ3v) is 5.93. The summed E-state index contributed by atoms with van der Waals surface area (Å²) in [7, 11) is 0. The lowest BCUT2D eigenvalue weighted by Gasteiger charge is -2.26. The van der Waals surface area contributed by atoms with Gasteiger partial charge in [0.2, 0.25) is 0 Å². The first-order valence-electron chi connectivity index (χ1n) is 7.84. The SMILES string of the molecule is Cc1ccc(-c2ccsc2C(=O)N2C[C@@H]3C[C@@H]3[C@H]2CN)cc1. The summed E-state index contributed by atoms with van der Waals surface area (Å²) in [6, 6.07) is 10.7. The maximum atomic E-state index is 13.0. The summed E-state index contributed by atoms with van der Waals surface area (Å²) >= 11 is 1.54. The number of nitrogens with two attached hydrogens (primary N) is 1. The summed E-state index contributed by atoms with van der Waals surface area (Å²) < 4.78 is 0. The van der Waals surface area contributed by atoms with Gasteiger partial charge in [-0.25, -0.2) is 0 Å². The molecule has 0 unspecified atom stereocenters. The average molecular weight is 312 g/mol. The number of thiophene rings is 1. The first-order valence-corrected chi connectivity index (χ1v) is 8.72. The van der Waals surface area contributed by atoms with Gasteiger partial charge < -0.3 is 10.6 Å². The molecule has 1 amide bonds. The van der Waals surface area contributed by atoms with Crippen molar-refractivity contribution in [2.45, 2.75) is 19.4 Å². The van der Waals surface area contributed by atoms with E-state index in [4.69, 9.17) is 5.73 Å². The minimum absolute atomic E-state index is 0.160. The van der Waals surface area contributed by atoms with Gasteiger partial charge >= 0.3 is 0 Å². The molecule has 2 aromatic rings. The molecule has 1 saturated carbocycles. The molecule has 2 aliphatic rings. The second kappa shape index (κ2) is 5.21. The highest BCUT2D eigenvalue weighted by Gasteiger charge is 2.53. The van der Waals surface area contributed by atoms with Crippen LogP contribution in [0, 0.1) is 18.8 Å². The smallest absolute Gasteiger partial charge is 0.264 e. The summed E-state index contributed by atoms with van der Waals surface area (Å²) in [6.45, 7) is 3.54. The van der Waals surface area contributed by atoms with E-state index in [1.54, 1.807) is 11.3 Å². The van der Waals surface area contributed by atoms with E-state index in [0.29, 0.717) is 18.4 Å². The van der Waals surface area contributed by atoms with Crippen LogP contribution >= 0.6 is 11.3 Å². The molecule has 2 heterocycles.